The van der Waals surface area contributed by atoms with Gasteiger partial charge in [-0.1, -0.05) is 58.4 Å². The minimum absolute atomic E-state index is 0.173. The van der Waals surface area contributed by atoms with Gasteiger partial charge in [0, 0.05) is 11.0 Å². The Morgan fingerprint density at radius 2 is 1.86 bits per heavy atom. The summed E-state index contributed by atoms with van der Waals surface area (Å²) in [6, 6.07) is 21.0. The predicted molar refractivity (Wildman–Crippen MR) is 110 cm³/mol. The molecule has 2 aromatic carbocycles. The van der Waals surface area contributed by atoms with Gasteiger partial charge in [0.1, 0.15) is 0 Å². The first-order valence-electron chi connectivity index (χ1n) is 8.75. The fraction of sp³-hybridized carbons (Fsp3) is 0.0952. The van der Waals surface area contributed by atoms with Crippen LogP contribution >= 0.6 is 15.9 Å². The van der Waals surface area contributed by atoms with Gasteiger partial charge in [-0.2, -0.15) is 9.67 Å². The van der Waals surface area contributed by atoms with Gasteiger partial charge >= 0.3 is 0 Å². The third-order valence-corrected chi connectivity index (χ3v) is 4.62. The molecule has 6 nitrogen and oxygen atoms in total. The van der Waals surface area contributed by atoms with Crippen molar-refractivity contribution in [3.63, 3.8) is 0 Å². The molecule has 2 heterocycles. The summed E-state index contributed by atoms with van der Waals surface area (Å²) in [6.07, 6.45) is 1.78. The highest BCUT2D eigenvalue weighted by atomic mass is 79.9. The number of anilines is 1. The normalized spacial score (nSPS) is 10.8. The van der Waals surface area contributed by atoms with E-state index in [2.05, 4.69) is 31.3 Å². The van der Waals surface area contributed by atoms with Crippen molar-refractivity contribution in [2.45, 2.75) is 13.0 Å². The van der Waals surface area contributed by atoms with Crippen LogP contribution in [0, 0.1) is 0 Å². The van der Waals surface area contributed by atoms with E-state index in [0.717, 1.165) is 15.6 Å². The number of hydrogen-bond donors (Lipinski definition) is 1. The Balaban J connectivity index is 1.60. The van der Waals surface area contributed by atoms with Crippen molar-refractivity contribution in [1.29, 1.82) is 0 Å². The van der Waals surface area contributed by atoms with Crippen molar-refractivity contribution in [1.82, 2.24) is 14.8 Å². The molecule has 0 aliphatic rings. The summed E-state index contributed by atoms with van der Waals surface area (Å²) in [5.74, 6) is 1.08. The summed E-state index contributed by atoms with van der Waals surface area (Å²) < 4.78 is 7.68. The molecule has 0 saturated carbocycles. The Hall–Kier alpha value is -3.19. The van der Waals surface area contributed by atoms with Crippen LogP contribution in [0.5, 0.6) is 0 Å². The van der Waals surface area contributed by atoms with Crippen LogP contribution in [-0.4, -0.2) is 20.7 Å². The molecule has 0 saturated heterocycles. The second-order valence-corrected chi connectivity index (χ2v) is 7.10. The number of nitrogens with one attached hydrogen (secondary N) is 1. The third kappa shape index (κ3) is 4.20. The first-order valence-corrected chi connectivity index (χ1v) is 9.55. The number of aromatic nitrogens is 3. The molecule has 4 aromatic rings. The maximum absolute atomic E-state index is 12.9. The number of halogens is 1. The fourth-order valence-electron chi connectivity index (χ4n) is 2.78. The first kappa shape index (κ1) is 18.2. The van der Waals surface area contributed by atoms with Gasteiger partial charge in [-0.3, -0.25) is 4.79 Å². The van der Waals surface area contributed by atoms with Crippen LogP contribution in [0.15, 0.2) is 81.9 Å². The van der Waals surface area contributed by atoms with E-state index in [1.165, 1.54) is 4.68 Å². The fourth-order valence-corrected chi connectivity index (χ4v) is 3.23. The second kappa shape index (κ2) is 8.22. The number of carbonyl (C=O) groups excluding carboxylic acids is 1. The van der Waals surface area contributed by atoms with Crippen LogP contribution in [0.2, 0.25) is 0 Å². The Morgan fingerprint density at radius 1 is 1.04 bits per heavy atom. The van der Waals surface area contributed by atoms with Crippen molar-refractivity contribution >= 4 is 27.8 Å². The molecule has 0 aliphatic carbocycles. The summed E-state index contributed by atoms with van der Waals surface area (Å²) in [5, 5.41) is 7.58. The van der Waals surface area contributed by atoms with E-state index in [1.807, 2.05) is 54.6 Å². The van der Waals surface area contributed by atoms with E-state index in [4.69, 9.17) is 4.42 Å². The standard InChI is InChI=1S/C21H17BrN4O2/c22-17-9-4-8-16(12-17)14-23-21-24-20(18-10-5-11-28-18)25-26(21)19(27)13-15-6-2-1-3-7-15/h1-12H,13-14H2,(H,23,24,25). The molecule has 0 spiro atoms. The highest BCUT2D eigenvalue weighted by molar-refractivity contribution is 9.10. The summed E-state index contributed by atoms with van der Waals surface area (Å²) in [6.45, 7) is 0.508. The zero-order valence-electron chi connectivity index (χ0n) is 14.9. The molecule has 0 amide bonds. The summed E-state index contributed by atoms with van der Waals surface area (Å²) in [4.78, 5) is 17.3. The van der Waals surface area contributed by atoms with Gasteiger partial charge in [0.2, 0.25) is 11.8 Å². The van der Waals surface area contributed by atoms with Crippen LogP contribution in [0.1, 0.15) is 15.9 Å². The predicted octanol–water partition coefficient (Wildman–Crippen LogP) is 4.80. The van der Waals surface area contributed by atoms with E-state index >= 15 is 0 Å². The van der Waals surface area contributed by atoms with E-state index in [1.54, 1.807) is 18.4 Å². The molecular weight excluding hydrogens is 420 g/mol. The average Bonchev–Trinajstić information content (AvgIpc) is 3.37. The molecule has 0 fully saturated rings. The van der Waals surface area contributed by atoms with Crippen LogP contribution in [-0.2, 0) is 13.0 Å². The van der Waals surface area contributed by atoms with Crippen LogP contribution in [0.25, 0.3) is 11.6 Å². The molecule has 0 bridgehead atoms. The van der Waals surface area contributed by atoms with Crippen molar-refractivity contribution in [2.24, 2.45) is 0 Å². The minimum Gasteiger partial charge on any atom is -0.461 e. The third-order valence-electron chi connectivity index (χ3n) is 4.12. The van der Waals surface area contributed by atoms with Gasteiger partial charge < -0.3 is 9.73 Å². The maximum Gasteiger partial charge on any atom is 0.254 e. The van der Waals surface area contributed by atoms with E-state index in [0.29, 0.717) is 24.1 Å². The van der Waals surface area contributed by atoms with Crippen molar-refractivity contribution < 1.29 is 9.21 Å². The number of hydrogen-bond acceptors (Lipinski definition) is 5. The van der Waals surface area contributed by atoms with Gasteiger partial charge in [0.05, 0.1) is 12.7 Å². The zero-order chi connectivity index (χ0) is 19.3. The number of furan rings is 1. The van der Waals surface area contributed by atoms with Crippen molar-refractivity contribution in [3.05, 3.63) is 88.6 Å². The van der Waals surface area contributed by atoms with Gasteiger partial charge in [0.15, 0.2) is 5.76 Å². The number of rotatable bonds is 6. The minimum atomic E-state index is -0.173. The Bertz CT molecular complexity index is 1080. The van der Waals surface area contributed by atoms with Gasteiger partial charge in [-0.25, -0.2) is 0 Å². The average molecular weight is 437 g/mol. The van der Waals surface area contributed by atoms with Gasteiger partial charge in [0.25, 0.3) is 5.91 Å². The Morgan fingerprint density at radius 3 is 2.61 bits per heavy atom. The van der Waals surface area contributed by atoms with E-state index < -0.39 is 0 Å². The SMILES string of the molecule is O=C(Cc1ccccc1)n1nc(-c2ccco2)nc1NCc1cccc(Br)c1. The molecule has 28 heavy (non-hydrogen) atoms. The lowest BCUT2D eigenvalue weighted by Crippen LogP contribution is -2.18. The lowest BCUT2D eigenvalue weighted by atomic mass is 10.1. The Kier molecular flexibility index (Phi) is 5.34. The highest BCUT2D eigenvalue weighted by Gasteiger charge is 2.18. The van der Waals surface area contributed by atoms with E-state index in [9.17, 15) is 4.79 Å². The maximum atomic E-state index is 12.9. The van der Waals surface area contributed by atoms with E-state index in [-0.39, 0.29) is 12.3 Å². The summed E-state index contributed by atoms with van der Waals surface area (Å²) >= 11 is 3.47. The molecule has 140 valence electrons. The monoisotopic (exact) mass is 436 g/mol. The van der Waals surface area contributed by atoms with Crippen LogP contribution in [0.3, 0.4) is 0 Å². The van der Waals surface area contributed by atoms with Gasteiger partial charge in [-0.15, -0.1) is 5.10 Å². The molecule has 2 aromatic heterocycles. The van der Waals surface area contributed by atoms with Crippen molar-refractivity contribution in [3.8, 4) is 11.6 Å². The quantitative estimate of drug-likeness (QED) is 0.470. The van der Waals surface area contributed by atoms with Crippen LogP contribution in [0.4, 0.5) is 5.95 Å². The largest absolute Gasteiger partial charge is 0.461 e. The smallest absolute Gasteiger partial charge is 0.254 e. The summed E-state index contributed by atoms with van der Waals surface area (Å²) in [5.41, 5.74) is 1.97. The lowest BCUT2D eigenvalue weighted by molar-refractivity contribution is 0.0901. The van der Waals surface area contributed by atoms with Crippen molar-refractivity contribution in [2.75, 3.05) is 5.32 Å². The molecule has 0 aliphatic heterocycles. The molecular formula is C21H17BrN4O2. The molecule has 4 rings (SSSR count). The lowest BCUT2D eigenvalue weighted by Gasteiger charge is -2.08. The number of benzene rings is 2. The second-order valence-electron chi connectivity index (χ2n) is 6.19. The molecule has 0 radical (unpaired) electrons. The Labute approximate surface area is 170 Å². The van der Waals surface area contributed by atoms with Crippen LogP contribution < -0.4 is 5.32 Å². The highest BCUT2D eigenvalue weighted by Crippen LogP contribution is 2.20. The zero-order valence-corrected chi connectivity index (χ0v) is 16.5. The molecule has 1 N–H and O–H groups in total. The number of nitrogens with zero attached hydrogens (tertiary/aromatic N) is 3. The first-order chi connectivity index (χ1) is 13.7. The molecule has 0 unspecified atom stereocenters. The van der Waals surface area contributed by atoms with Gasteiger partial charge in [-0.05, 0) is 35.4 Å². The topological polar surface area (TPSA) is 73.0 Å². The number of carbonyl (C=O) groups is 1. The molecule has 7 heteroatoms. The summed E-state index contributed by atoms with van der Waals surface area (Å²) in [7, 11) is 0. The molecule has 0 atom stereocenters.